The number of pyridine rings is 1. The second-order valence-corrected chi connectivity index (χ2v) is 2.45. The third-order valence-electron chi connectivity index (χ3n) is 1.59. The zero-order valence-corrected chi connectivity index (χ0v) is 6.79. The Balaban J connectivity index is 3.03. The number of aryl methyl sites for hydroxylation is 1. The first-order valence-electron chi connectivity index (χ1n) is 3.70. The highest BCUT2D eigenvalue weighted by Gasteiger charge is 2.05. The van der Waals surface area contributed by atoms with Crippen molar-refractivity contribution >= 4 is 5.78 Å². The molecule has 1 aromatic heterocycles. The van der Waals surface area contributed by atoms with Gasteiger partial charge in [-0.15, -0.1) is 0 Å². The molecule has 0 aromatic carbocycles. The normalized spacial score (nSPS) is 9.64. The minimum Gasteiger partial charge on any atom is -0.292 e. The van der Waals surface area contributed by atoms with E-state index in [1.165, 1.54) is 0 Å². The van der Waals surface area contributed by atoms with E-state index >= 15 is 0 Å². The fourth-order valence-electron chi connectivity index (χ4n) is 0.945. The molecule has 0 saturated carbocycles. The molecule has 0 unspecified atom stereocenters. The minimum absolute atomic E-state index is 0.114. The van der Waals surface area contributed by atoms with Gasteiger partial charge in [0.15, 0.2) is 5.78 Å². The lowest BCUT2D eigenvalue weighted by atomic mass is 10.1. The first kappa shape index (κ1) is 7.92. The van der Waals surface area contributed by atoms with Crippen LogP contribution in [-0.4, -0.2) is 10.8 Å². The first-order valence-corrected chi connectivity index (χ1v) is 3.70. The van der Waals surface area contributed by atoms with Crippen LogP contribution < -0.4 is 0 Å². The average Bonchev–Trinajstić information content (AvgIpc) is 2.04. The molecule has 11 heavy (non-hydrogen) atoms. The van der Waals surface area contributed by atoms with Gasteiger partial charge in [-0.1, -0.05) is 13.0 Å². The summed E-state index contributed by atoms with van der Waals surface area (Å²) < 4.78 is 0. The number of Topliss-reactive ketones (excluding diaryl/α,β-unsaturated/α-hetero) is 1. The number of hydrogen-bond donors (Lipinski definition) is 0. The molecule has 0 N–H and O–H groups in total. The molecule has 1 aromatic rings. The lowest BCUT2D eigenvalue weighted by Gasteiger charge is -1.99. The fourth-order valence-corrected chi connectivity index (χ4v) is 0.945. The molecule has 0 amide bonds. The molecular weight excluding hydrogens is 138 g/mol. The van der Waals surface area contributed by atoms with E-state index in [1.807, 2.05) is 26.0 Å². The maximum Gasteiger partial charge on any atom is 0.181 e. The summed E-state index contributed by atoms with van der Waals surface area (Å²) in [6.45, 7) is 3.74. The molecule has 0 fully saturated rings. The Labute approximate surface area is 66.3 Å². The van der Waals surface area contributed by atoms with Crippen molar-refractivity contribution in [3.63, 3.8) is 0 Å². The molecule has 1 heterocycles. The average molecular weight is 149 g/mol. The molecule has 0 aliphatic rings. The predicted molar refractivity (Wildman–Crippen MR) is 43.6 cm³/mol. The van der Waals surface area contributed by atoms with E-state index in [4.69, 9.17) is 0 Å². The Morgan fingerprint density at radius 3 is 2.91 bits per heavy atom. The highest BCUT2D eigenvalue weighted by atomic mass is 16.1. The zero-order valence-electron chi connectivity index (χ0n) is 6.79. The van der Waals surface area contributed by atoms with Gasteiger partial charge in [0, 0.05) is 12.6 Å². The summed E-state index contributed by atoms with van der Waals surface area (Å²) in [5.74, 6) is 0.114. The fraction of sp³-hybridized carbons (Fsp3) is 0.333. The van der Waals surface area contributed by atoms with E-state index in [1.54, 1.807) is 6.20 Å². The van der Waals surface area contributed by atoms with Gasteiger partial charge in [0.05, 0.1) is 0 Å². The summed E-state index contributed by atoms with van der Waals surface area (Å²) in [6, 6.07) is 3.73. The number of carbonyl (C=O) groups excluding carboxylic acids is 1. The Morgan fingerprint density at radius 1 is 1.64 bits per heavy atom. The largest absolute Gasteiger partial charge is 0.292 e. The van der Waals surface area contributed by atoms with Gasteiger partial charge in [-0.25, -0.2) is 0 Å². The molecule has 0 aliphatic carbocycles. The molecule has 58 valence electrons. The van der Waals surface area contributed by atoms with Gasteiger partial charge in [0.1, 0.15) is 5.69 Å². The van der Waals surface area contributed by atoms with Crippen LogP contribution in [0.2, 0.25) is 0 Å². The Morgan fingerprint density at radius 2 is 2.36 bits per heavy atom. The predicted octanol–water partition coefficient (Wildman–Crippen LogP) is 1.98. The van der Waals surface area contributed by atoms with Crippen molar-refractivity contribution in [3.05, 3.63) is 29.6 Å². The number of hydrogen-bond acceptors (Lipinski definition) is 2. The van der Waals surface area contributed by atoms with Crippen molar-refractivity contribution in [2.24, 2.45) is 0 Å². The first-order chi connectivity index (χ1) is 5.25. The summed E-state index contributed by atoms with van der Waals surface area (Å²) in [4.78, 5) is 15.2. The van der Waals surface area contributed by atoms with E-state index in [9.17, 15) is 4.79 Å². The van der Waals surface area contributed by atoms with Crippen molar-refractivity contribution in [1.29, 1.82) is 0 Å². The van der Waals surface area contributed by atoms with E-state index < -0.39 is 0 Å². The summed E-state index contributed by atoms with van der Waals surface area (Å²) in [5.41, 5.74) is 1.56. The van der Waals surface area contributed by atoms with Gasteiger partial charge >= 0.3 is 0 Å². The maximum atomic E-state index is 11.2. The highest BCUT2D eigenvalue weighted by molar-refractivity contribution is 5.95. The number of carbonyl (C=O) groups is 1. The van der Waals surface area contributed by atoms with Crippen LogP contribution in [0, 0.1) is 6.92 Å². The van der Waals surface area contributed by atoms with Gasteiger partial charge < -0.3 is 0 Å². The molecule has 0 bridgehead atoms. The van der Waals surface area contributed by atoms with Crippen LogP contribution >= 0.6 is 0 Å². The molecule has 0 atom stereocenters. The quantitative estimate of drug-likeness (QED) is 0.602. The van der Waals surface area contributed by atoms with Crippen LogP contribution in [0.3, 0.4) is 0 Å². The molecule has 0 radical (unpaired) electrons. The molecule has 1 rings (SSSR count). The number of rotatable bonds is 2. The third-order valence-corrected chi connectivity index (χ3v) is 1.59. The van der Waals surface area contributed by atoms with Gasteiger partial charge in [-0.3, -0.25) is 9.78 Å². The SMILES string of the molecule is CCC(=O)c1ncccc1C. The lowest BCUT2D eigenvalue weighted by Crippen LogP contribution is -2.02. The summed E-state index contributed by atoms with van der Waals surface area (Å²) in [5, 5.41) is 0. The van der Waals surface area contributed by atoms with Crippen LogP contribution in [-0.2, 0) is 0 Å². The van der Waals surface area contributed by atoms with Gasteiger partial charge in [-0.05, 0) is 18.6 Å². The van der Waals surface area contributed by atoms with Crippen molar-refractivity contribution in [3.8, 4) is 0 Å². The van der Waals surface area contributed by atoms with Crippen LogP contribution in [0.4, 0.5) is 0 Å². The van der Waals surface area contributed by atoms with E-state index in [-0.39, 0.29) is 5.78 Å². The van der Waals surface area contributed by atoms with Crippen molar-refractivity contribution in [2.45, 2.75) is 20.3 Å². The second-order valence-electron chi connectivity index (χ2n) is 2.45. The third kappa shape index (κ3) is 1.64. The summed E-state index contributed by atoms with van der Waals surface area (Å²) in [6.07, 6.45) is 2.17. The van der Waals surface area contributed by atoms with E-state index in [0.717, 1.165) is 5.56 Å². The second kappa shape index (κ2) is 3.28. The Bertz CT molecular complexity index is 268. The number of nitrogens with zero attached hydrogens (tertiary/aromatic N) is 1. The van der Waals surface area contributed by atoms with Crippen LogP contribution in [0.5, 0.6) is 0 Å². The maximum absolute atomic E-state index is 11.2. The van der Waals surface area contributed by atoms with E-state index in [0.29, 0.717) is 12.1 Å². The molecule has 0 saturated heterocycles. The van der Waals surface area contributed by atoms with Gasteiger partial charge in [0.25, 0.3) is 0 Å². The molecule has 0 spiro atoms. The van der Waals surface area contributed by atoms with E-state index in [2.05, 4.69) is 4.98 Å². The minimum atomic E-state index is 0.114. The Hall–Kier alpha value is -1.18. The number of aromatic nitrogens is 1. The molecular formula is C9H11NO. The van der Waals surface area contributed by atoms with Crippen LogP contribution in [0.1, 0.15) is 29.4 Å². The monoisotopic (exact) mass is 149 g/mol. The molecule has 0 aliphatic heterocycles. The van der Waals surface area contributed by atoms with Crippen molar-refractivity contribution in [2.75, 3.05) is 0 Å². The lowest BCUT2D eigenvalue weighted by molar-refractivity contribution is 0.0983. The van der Waals surface area contributed by atoms with Crippen LogP contribution in [0.25, 0.3) is 0 Å². The highest BCUT2D eigenvalue weighted by Crippen LogP contribution is 2.05. The summed E-state index contributed by atoms with van der Waals surface area (Å²) >= 11 is 0. The van der Waals surface area contributed by atoms with Gasteiger partial charge in [-0.2, -0.15) is 0 Å². The topological polar surface area (TPSA) is 30.0 Å². The smallest absolute Gasteiger partial charge is 0.181 e. The molecule has 2 heteroatoms. The van der Waals surface area contributed by atoms with Crippen molar-refractivity contribution < 1.29 is 4.79 Å². The molecule has 2 nitrogen and oxygen atoms in total. The summed E-state index contributed by atoms with van der Waals surface area (Å²) in [7, 11) is 0. The van der Waals surface area contributed by atoms with Gasteiger partial charge in [0.2, 0.25) is 0 Å². The Kier molecular flexibility index (Phi) is 2.36. The number of ketones is 1. The van der Waals surface area contributed by atoms with Crippen molar-refractivity contribution in [1.82, 2.24) is 4.98 Å². The van der Waals surface area contributed by atoms with Crippen LogP contribution in [0.15, 0.2) is 18.3 Å². The standard InChI is InChI=1S/C9H11NO/c1-3-8(11)9-7(2)5-4-6-10-9/h4-6H,3H2,1-2H3. The zero-order chi connectivity index (χ0) is 8.27.